The number of unbranched alkanes of at least 4 members (excludes halogenated alkanes) is 12. The van der Waals surface area contributed by atoms with Crippen molar-refractivity contribution in [3.8, 4) is 0 Å². The zero-order valence-electron chi connectivity index (χ0n) is 14.9. The van der Waals surface area contributed by atoms with Gasteiger partial charge in [0.1, 0.15) is 11.2 Å². The van der Waals surface area contributed by atoms with Crippen molar-refractivity contribution in [3.63, 3.8) is 0 Å². The Bertz CT molecular complexity index is 311. The van der Waals surface area contributed by atoms with E-state index in [0.717, 1.165) is 12.8 Å². The number of carbonyl (C=O) groups is 1. The Kier molecular flexibility index (Phi) is 16.4. The standard InChI is InChI=1S/C18H37NO3S/c1-2-3-4-5-6-7-8-9-10-11-12-13-14-15-17(20)16-18(19)23(21)22/h18H,2-16,19H2,1H3,(H,21,22). The zero-order valence-corrected chi connectivity index (χ0v) is 15.7. The second kappa shape index (κ2) is 16.6. The van der Waals surface area contributed by atoms with Gasteiger partial charge in [0.15, 0.2) is 11.1 Å². The molecule has 2 unspecified atom stereocenters. The van der Waals surface area contributed by atoms with Crippen molar-refractivity contribution in [2.75, 3.05) is 0 Å². The molecule has 0 rings (SSSR count). The van der Waals surface area contributed by atoms with Crippen molar-refractivity contribution < 1.29 is 13.6 Å². The summed E-state index contributed by atoms with van der Waals surface area (Å²) in [6, 6.07) is 0. The smallest absolute Gasteiger partial charge is 0.170 e. The molecule has 0 fully saturated rings. The summed E-state index contributed by atoms with van der Waals surface area (Å²) in [5.41, 5.74) is 5.39. The lowest BCUT2D eigenvalue weighted by atomic mass is 10.0. The number of hydrogen-bond acceptors (Lipinski definition) is 3. The van der Waals surface area contributed by atoms with Crippen molar-refractivity contribution >= 4 is 16.9 Å². The molecule has 138 valence electrons. The molecule has 0 amide bonds. The van der Waals surface area contributed by atoms with E-state index in [2.05, 4.69) is 6.92 Å². The maximum atomic E-state index is 11.5. The predicted molar refractivity (Wildman–Crippen MR) is 98.7 cm³/mol. The van der Waals surface area contributed by atoms with E-state index >= 15 is 0 Å². The van der Waals surface area contributed by atoms with Gasteiger partial charge in [-0.05, 0) is 6.42 Å². The molecule has 0 saturated carbocycles. The van der Waals surface area contributed by atoms with Crippen LogP contribution in [0.5, 0.6) is 0 Å². The summed E-state index contributed by atoms with van der Waals surface area (Å²) in [5, 5.41) is -0.926. The highest BCUT2D eigenvalue weighted by atomic mass is 32.2. The Morgan fingerprint density at radius 1 is 0.870 bits per heavy atom. The molecule has 2 atom stereocenters. The molecular weight excluding hydrogens is 310 g/mol. The fourth-order valence-corrected chi connectivity index (χ4v) is 3.07. The van der Waals surface area contributed by atoms with E-state index in [1.165, 1.54) is 70.6 Å². The van der Waals surface area contributed by atoms with Crippen LogP contribution in [0.3, 0.4) is 0 Å². The highest BCUT2D eigenvalue weighted by molar-refractivity contribution is 7.79. The van der Waals surface area contributed by atoms with Crippen LogP contribution in [0.25, 0.3) is 0 Å². The summed E-state index contributed by atoms with van der Waals surface area (Å²) in [6.45, 7) is 2.25. The Morgan fingerprint density at radius 3 is 1.65 bits per heavy atom. The van der Waals surface area contributed by atoms with Gasteiger partial charge in [0.2, 0.25) is 0 Å². The van der Waals surface area contributed by atoms with Gasteiger partial charge in [-0.3, -0.25) is 4.79 Å². The molecule has 0 spiro atoms. The van der Waals surface area contributed by atoms with Gasteiger partial charge in [0.05, 0.1) is 0 Å². The minimum Gasteiger partial charge on any atom is -0.315 e. The minimum atomic E-state index is -2.09. The maximum absolute atomic E-state index is 11.5. The molecule has 0 aromatic carbocycles. The molecule has 5 heteroatoms. The number of Topliss-reactive ketones (excluding diaryl/α,β-unsaturated/α-hetero) is 1. The normalized spacial score (nSPS) is 13.9. The monoisotopic (exact) mass is 347 g/mol. The van der Waals surface area contributed by atoms with Crippen LogP contribution in [0.4, 0.5) is 0 Å². The molecule has 0 aliphatic heterocycles. The summed E-state index contributed by atoms with van der Waals surface area (Å²) in [6.07, 6.45) is 17.2. The van der Waals surface area contributed by atoms with Crippen molar-refractivity contribution in [3.05, 3.63) is 0 Å². The van der Waals surface area contributed by atoms with Gasteiger partial charge in [0.25, 0.3) is 0 Å². The molecule has 0 aromatic rings. The third-order valence-electron chi connectivity index (χ3n) is 4.25. The summed E-state index contributed by atoms with van der Waals surface area (Å²) in [5.74, 6) is 0.00275. The quantitative estimate of drug-likeness (QED) is 0.289. The summed E-state index contributed by atoms with van der Waals surface area (Å²) >= 11 is -2.09. The maximum Gasteiger partial charge on any atom is 0.170 e. The van der Waals surface area contributed by atoms with Gasteiger partial charge in [-0.15, -0.1) is 0 Å². The van der Waals surface area contributed by atoms with E-state index in [1.54, 1.807) is 0 Å². The second-order valence-corrected chi connectivity index (χ2v) is 7.71. The van der Waals surface area contributed by atoms with Crippen LogP contribution in [-0.4, -0.2) is 19.9 Å². The van der Waals surface area contributed by atoms with Crippen LogP contribution in [0.15, 0.2) is 0 Å². The van der Waals surface area contributed by atoms with Gasteiger partial charge < -0.3 is 10.3 Å². The van der Waals surface area contributed by atoms with Crippen LogP contribution in [-0.2, 0) is 15.9 Å². The molecule has 0 bridgehead atoms. The summed E-state index contributed by atoms with van der Waals surface area (Å²) in [7, 11) is 0. The molecule has 3 N–H and O–H groups in total. The first kappa shape index (κ1) is 22.7. The van der Waals surface area contributed by atoms with E-state index in [9.17, 15) is 9.00 Å². The van der Waals surface area contributed by atoms with Gasteiger partial charge in [-0.25, -0.2) is 4.21 Å². The van der Waals surface area contributed by atoms with Crippen LogP contribution >= 0.6 is 0 Å². The van der Waals surface area contributed by atoms with Crippen LogP contribution in [0.2, 0.25) is 0 Å². The number of nitrogens with two attached hydrogens (primary N) is 1. The predicted octanol–water partition coefficient (Wildman–Crippen LogP) is 4.93. The molecule has 0 aliphatic rings. The van der Waals surface area contributed by atoms with E-state index in [1.807, 2.05) is 0 Å². The van der Waals surface area contributed by atoms with Crippen LogP contribution in [0.1, 0.15) is 103 Å². The van der Waals surface area contributed by atoms with Crippen molar-refractivity contribution in [2.24, 2.45) is 5.73 Å². The van der Waals surface area contributed by atoms with Crippen molar-refractivity contribution in [1.82, 2.24) is 0 Å². The number of carbonyl (C=O) groups excluding carboxylic acids is 1. The first-order valence-electron chi connectivity index (χ1n) is 9.44. The van der Waals surface area contributed by atoms with Crippen LogP contribution < -0.4 is 5.73 Å². The first-order valence-corrected chi connectivity index (χ1v) is 10.6. The Labute approximate surface area is 145 Å². The average molecular weight is 348 g/mol. The topological polar surface area (TPSA) is 80.4 Å². The third-order valence-corrected chi connectivity index (χ3v) is 4.93. The lowest BCUT2D eigenvalue weighted by Crippen LogP contribution is -2.28. The van der Waals surface area contributed by atoms with E-state index < -0.39 is 16.5 Å². The molecule has 0 saturated heterocycles. The molecule has 0 aliphatic carbocycles. The van der Waals surface area contributed by atoms with E-state index in [0.29, 0.717) is 6.42 Å². The Morgan fingerprint density at radius 2 is 1.26 bits per heavy atom. The van der Waals surface area contributed by atoms with Crippen molar-refractivity contribution in [2.45, 2.75) is 109 Å². The lowest BCUT2D eigenvalue weighted by Gasteiger charge is -2.06. The van der Waals surface area contributed by atoms with E-state index in [-0.39, 0.29) is 12.2 Å². The first-order chi connectivity index (χ1) is 11.1. The fraction of sp³-hybridized carbons (Fsp3) is 0.944. The summed E-state index contributed by atoms with van der Waals surface area (Å²) < 4.78 is 19.4. The van der Waals surface area contributed by atoms with Crippen LogP contribution in [0, 0.1) is 0 Å². The zero-order chi connectivity index (χ0) is 17.3. The average Bonchev–Trinajstić information content (AvgIpc) is 2.51. The van der Waals surface area contributed by atoms with Gasteiger partial charge >= 0.3 is 0 Å². The second-order valence-electron chi connectivity index (χ2n) is 6.55. The molecule has 0 heterocycles. The number of ketones is 1. The molecule has 4 nitrogen and oxygen atoms in total. The SMILES string of the molecule is CCCCCCCCCCCCCCCC(=O)CC(N)S(=O)O. The number of hydrogen-bond donors (Lipinski definition) is 2. The van der Waals surface area contributed by atoms with Gasteiger partial charge in [0, 0.05) is 12.8 Å². The molecule has 23 heavy (non-hydrogen) atoms. The third kappa shape index (κ3) is 16.4. The Balaban J connectivity index is 3.21. The lowest BCUT2D eigenvalue weighted by molar-refractivity contribution is -0.119. The Hall–Kier alpha value is -0.260. The van der Waals surface area contributed by atoms with Gasteiger partial charge in [-0.2, -0.15) is 0 Å². The molecular formula is C18H37NO3S. The van der Waals surface area contributed by atoms with E-state index in [4.69, 9.17) is 10.3 Å². The highest BCUT2D eigenvalue weighted by Crippen LogP contribution is 2.13. The number of rotatable bonds is 17. The van der Waals surface area contributed by atoms with Gasteiger partial charge in [-0.1, -0.05) is 84.0 Å². The minimum absolute atomic E-state index is 0.00275. The highest BCUT2D eigenvalue weighted by Gasteiger charge is 2.13. The molecule has 0 aromatic heterocycles. The summed E-state index contributed by atoms with van der Waals surface area (Å²) in [4.78, 5) is 11.5. The molecule has 0 radical (unpaired) electrons. The largest absolute Gasteiger partial charge is 0.315 e. The van der Waals surface area contributed by atoms with Crippen molar-refractivity contribution in [1.29, 1.82) is 0 Å². The fourth-order valence-electron chi connectivity index (χ4n) is 2.74.